The lowest BCUT2D eigenvalue weighted by Crippen LogP contribution is -2.31. The van der Waals surface area contributed by atoms with E-state index < -0.39 is 5.91 Å². The lowest BCUT2D eigenvalue weighted by Gasteiger charge is -2.06. The first-order valence-corrected chi connectivity index (χ1v) is 8.01. The number of nitrogens with one attached hydrogen (secondary N) is 2. The Morgan fingerprint density at radius 1 is 1.16 bits per heavy atom. The van der Waals surface area contributed by atoms with Gasteiger partial charge in [0.15, 0.2) is 0 Å². The quantitative estimate of drug-likeness (QED) is 0.620. The SMILES string of the molecule is C#Cc1cccc(NC(=O)CNC(=O)/C=C/c2cccc(Cl)c2Cl)c1. The summed E-state index contributed by atoms with van der Waals surface area (Å²) in [7, 11) is 0. The van der Waals surface area contributed by atoms with Crippen LogP contribution in [0.4, 0.5) is 5.69 Å². The number of hydrogen-bond donors (Lipinski definition) is 2. The van der Waals surface area contributed by atoms with Crippen LogP contribution >= 0.6 is 23.2 Å². The van der Waals surface area contributed by atoms with E-state index in [1.54, 1.807) is 42.5 Å². The van der Waals surface area contributed by atoms with Gasteiger partial charge in [-0.2, -0.15) is 0 Å². The van der Waals surface area contributed by atoms with E-state index in [4.69, 9.17) is 29.6 Å². The molecule has 2 aromatic rings. The first-order chi connectivity index (χ1) is 12.0. The minimum Gasteiger partial charge on any atom is -0.343 e. The molecule has 0 aromatic heterocycles. The van der Waals surface area contributed by atoms with Gasteiger partial charge in [0, 0.05) is 17.3 Å². The highest BCUT2D eigenvalue weighted by atomic mass is 35.5. The van der Waals surface area contributed by atoms with Gasteiger partial charge in [0.05, 0.1) is 16.6 Å². The molecule has 6 heteroatoms. The van der Waals surface area contributed by atoms with E-state index in [-0.39, 0.29) is 12.5 Å². The molecule has 0 aliphatic heterocycles. The zero-order valence-electron chi connectivity index (χ0n) is 13.1. The third-order valence-corrected chi connectivity index (χ3v) is 3.97. The van der Waals surface area contributed by atoms with Crippen molar-refractivity contribution in [1.82, 2.24) is 5.32 Å². The molecule has 0 heterocycles. The fraction of sp³-hybridized carbons (Fsp3) is 0.0526. The summed E-state index contributed by atoms with van der Waals surface area (Å²) in [6, 6.07) is 12.0. The van der Waals surface area contributed by atoms with Crippen molar-refractivity contribution >= 4 is 46.8 Å². The maximum atomic E-state index is 11.8. The topological polar surface area (TPSA) is 58.2 Å². The second-order valence-corrected chi connectivity index (χ2v) is 5.75. The van der Waals surface area contributed by atoms with Crippen molar-refractivity contribution in [3.05, 3.63) is 69.7 Å². The van der Waals surface area contributed by atoms with Crippen LogP contribution in [0.1, 0.15) is 11.1 Å². The first-order valence-electron chi connectivity index (χ1n) is 7.26. The lowest BCUT2D eigenvalue weighted by atomic mass is 10.2. The predicted molar refractivity (Wildman–Crippen MR) is 102 cm³/mol. The maximum absolute atomic E-state index is 11.8. The summed E-state index contributed by atoms with van der Waals surface area (Å²) >= 11 is 11.9. The molecule has 0 aliphatic rings. The number of anilines is 1. The van der Waals surface area contributed by atoms with Crippen LogP contribution in [0.2, 0.25) is 10.0 Å². The van der Waals surface area contributed by atoms with Crippen LogP contribution in [0.25, 0.3) is 6.08 Å². The highest BCUT2D eigenvalue weighted by Crippen LogP contribution is 2.26. The second kappa shape index (κ2) is 8.93. The molecule has 25 heavy (non-hydrogen) atoms. The van der Waals surface area contributed by atoms with Crippen LogP contribution in [0.15, 0.2) is 48.5 Å². The Morgan fingerprint density at radius 3 is 2.68 bits per heavy atom. The smallest absolute Gasteiger partial charge is 0.244 e. The van der Waals surface area contributed by atoms with E-state index in [2.05, 4.69) is 16.6 Å². The average Bonchev–Trinajstić information content (AvgIpc) is 2.61. The number of benzene rings is 2. The fourth-order valence-electron chi connectivity index (χ4n) is 1.93. The molecule has 2 N–H and O–H groups in total. The van der Waals surface area contributed by atoms with Gasteiger partial charge in [0.1, 0.15) is 0 Å². The van der Waals surface area contributed by atoms with Gasteiger partial charge < -0.3 is 10.6 Å². The van der Waals surface area contributed by atoms with Crippen molar-refractivity contribution in [2.24, 2.45) is 0 Å². The molecule has 0 atom stereocenters. The molecular weight excluding hydrogens is 359 g/mol. The molecule has 0 saturated heterocycles. The summed E-state index contributed by atoms with van der Waals surface area (Å²) in [5.41, 5.74) is 1.83. The fourth-order valence-corrected chi connectivity index (χ4v) is 2.30. The molecule has 2 amide bonds. The molecule has 126 valence electrons. The Morgan fingerprint density at radius 2 is 1.92 bits per heavy atom. The van der Waals surface area contributed by atoms with Crippen molar-refractivity contribution in [3.63, 3.8) is 0 Å². The van der Waals surface area contributed by atoms with Crippen molar-refractivity contribution in [1.29, 1.82) is 0 Å². The average molecular weight is 373 g/mol. The summed E-state index contributed by atoms with van der Waals surface area (Å²) in [5, 5.41) is 5.89. The van der Waals surface area contributed by atoms with Gasteiger partial charge in [-0.1, -0.05) is 47.3 Å². The molecule has 0 bridgehead atoms. The van der Waals surface area contributed by atoms with Crippen molar-refractivity contribution in [2.45, 2.75) is 0 Å². The summed E-state index contributed by atoms with van der Waals surface area (Å²) in [6.45, 7) is -0.174. The highest BCUT2D eigenvalue weighted by Gasteiger charge is 2.05. The minimum atomic E-state index is -0.427. The number of hydrogen-bond acceptors (Lipinski definition) is 2. The Balaban J connectivity index is 1.87. The third kappa shape index (κ3) is 5.68. The molecule has 0 radical (unpaired) electrons. The van der Waals surface area contributed by atoms with Gasteiger partial charge in [0.25, 0.3) is 0 Å². The maximum Gasteiger partial charge on any atom is 0.244 e. The molecule has 0 aliphatic carbocycles. The standard InChI is InChI=1S/C19H14Cl2N2O2/c1-2-13-5-3-7-15(11-13)23-18(25)12-22-17(24)10-9-14-6-4-8-16(20)19(14)21/h1,3-11H,12H2,(H,22,24)(H,23,25)/b10-9+. The Bertz CT molecular complexity index is 870. The van der Waals surface area contributed by atoms with E-state index in [9.17, 15) is 9.59 Å². The van der Waals surface area contributed by atoms with Crippen molar-refractivity contribution in [3.8, 4) is 12.3 Å². The Hall–Kier alpha value is -2.74. The van der Waals surface area contributed by atoms with Crippen LogP contribution in [0, 0.1) is 12.3 Å². The van der Waals surface area contributed by atoms with Crippen LogP contribution in [0.5, 0.6) is 0 Å². The Labute approximate surface area is 155 Å². The van der Waals surface area contributed by atoms with E-state index >= 15 is 0 Å². The molecule has 4 nitrogen and oxygen atoms in total. The number of carbonyl (C=O) groups is 2. The van der Waals surface area contributed by atoms with Crippen LogP contribution < -0.4 is 10.6 Å². The summed E-state index contributed by atoms with van der Waals surface area (Å²) in [6.07, 6.45) is 8.11. The first kappa shape index (κ1) is 18.6. The lowest BCUT2D eigenvalue weighted by molar-refractivity contribution is -0.121. The van der Waals surface area contributed by atoms with Crippen LogP contribution in [0.3, 0.4) is 0 Å². The van der Waals surface area contributed by atoms with E-state index in [0.29, 0.717) is 26.9 Å². The molecule has 2 aromatic carbocycles. The summed E-state index contributed by atoms with van der Waals surface area (Å²) in [5.74, 6) is 1.69. The van der Waals surface area contributed by atoms with Gasteiger partial charge in [0.2, 0.25) is 11.8 Å². The zero-order valence-corrected chi connectivity index (χ0v) is 14.6. The van der Waals surface area contributed by atoms with Crippen LogP contribution in [-0.2, 0) is 9.59 Å². The third-order valence-electron chi connectivity index (χ3n) is 3.13. The molecule has 0 fully saturated rings. The number of halogens is 2. The normalized spacial score (nSPS) is 10.3. The van der Waals surface area contributed by atoms with Gasteiger partial charge in [-0.25, -0.2) is 0 Å². The molecule has 0 saturated carbocycles. The molecule has 0 unspecified atom stereocenters. The van der Waals surface area contributed by atoms with Crippen molar-refractivity contribution in [2.75, 3.05) is 11.9 Å². The number of terminal acetylenes is 1. The second-order valence-electron chi connectivity index (χ2n) is 4.97. The minimum absolute atomic E-state index is 0.174. The largest absolute Gasteiger partial charge is 0.343 e. The summed E-state index contributed by atoms with van der Waals surface area (Å²) in [4.78, 5) is 23.6. The van der Waals surface area contributed by atoms with E-state index in [1.807, 2.05) is 0 Å². The van der Waals surface area contributed by atoms with Crippen LogP contribution in [-0.4, -0.2) is 18.4 Å². The van der Waals surface area contributed by atoms with Gasteiger partial charge in [-0.3, -0.25) is 9.59 Å². The van der Waals surface area contributed by atoms with Gasteiger partial charge in [-0.15, -0.1) is 6.42 Å². The Kier molecular flexibility index (Phi) is 6.64. The van der Waals surface area contributed by atoms with Gasteiger partial charge in [-0.05, 0) is 35.9 Å². The predicted octanol–water partition coefficient (Wildman–Crippen LogP) is 3.74. The molecular formula is C19H14Cl2N2O2. The molecule has 2 rings (SSSR count). The van der Waals surface area contributed by atoms with E-state index in [1.165, 1.54) is 12.2 Å². The number of rotatable bonds is 5. The van der Waals surface area contributed by atoms with E-state index in [0.717, 1.165) is 0 Å². The number of amides is 2. The van der Waals surface area contributed by atoms with Gasteiger partial charge >= 0.3 is 0 Å². The molecule has 0 spiro atoms. The zero-order chi connectivity index (χ0) is 18.2. The number of carbonyl (C=O) groups excluding carboxylic acids is 2. The monoisotopic (exact) mass is 372 g/mol. The highest BCUT2D eigenvalue weighted by molar-refractivity contribution is 6.42. The summed E-state index contributed by atoms with van der Waals surface area (Å²) < 4.78 is 0. The van der Waals surface area contributed by atoms with Crippen molar-refractivity contribution < 1.29 is 9.59 Å².